The van der Waals surface area contributed by atoms with Crippen LogP contribution < -0.4 is 10.6 Å². The second kappa shape index (κ2) is 4.29. The van der Waals surface area contributed by atoms with E-state index < -0.39 is 0 Å². The number of hydrogen-bond acceptors (Lipinski definition) is 4. The van der Waals surface area contributed by atoms with Crippen LogP contribution in [-0.2, 0) is 4.74 Å². The number of hydrogen-bond donors (Lipinski definition) is 1. The van der Waals surface area contributed by atoms with Crippen LogP contribution in [0.15, 0.2) is 12.3 Å². The molecule has 1 aliphatic heterocycles. The van der Waals surface area contributed by atoms with E-state index >= 15 is 0 Å². The van der Waals surface area contributed by atoms with Crippen LogP contribution in [0.2, 0.25) is 0 Å². The van der Waals surface area contributed by atoms with Crippen molar-refractivity contribution in [3.63, 3.8) is 0 Å². The van der Waals surface area contributed by atoms with Crippen molar-refractivity contribution >= 4 is 11.5 Å². The van der Waals surface area contributed by atoms with Crippen LogP contribution in [0.1, 0.15) is 19.4 Å². The van der Waals surface area contributed by atoms with Crippen molar-refractivity contribution in [1.29, 1.82) is 0 Å². The second-order valence-corrected chi connectivity index (χ2v) is 4.56. The standard InChI is InChI=1S/C12H19N3O/c1-8-4-12(14-5-11(8)13)15-6-9(2)16-10(3)7-15/h4-5,9-10H,6-7,13H2,1-3H3. The predicted octanol–water partition coefficient (Wildman–Crippen LogP) is 1.59. The molecule has 1 saturated heterocycles. The lowest BCUT2D eigenvalue weighted by Crippen LogP contribution is -2.45. The van der Waals surface area contributed by atoms with Crippen molar-refractivity contribution in [2.24, 2.45) is 0 Å². The lowest BCUT2D eigenvalue weighted by atomic mass is 10.2. The van der Waals surface area contributed by atoms with Gasteiger partial charge in [0.2, 0.25) is 0 Å². The van der Waals surface area contributed by atoms with Gasteiger partial charge in [-0.25, -0.2) is 4.98 Å². The molecule has 88 valence electrons. The largest absolute Gasteiger partial charge is 0.397 e. The maximum absolute atomic E-state index is 5.77. The van der Waals surface area contributed by atoms with Crippen LogP contribution in [0.4, 0.5) is 11.5 Å². The highest BCUT2D eigenvalue weighted by atomic mass is 16.5. The highest BCUT2D eigenvalue weighted by Crippen LogP contribution is 2.21. The summed E-state index contributed by atoms with van der Waals surface area (Å²) in [5, 5.41) is 0. The Morgan fingerprint density at radius 1 is 1.38 bits per heavy atom. The number of nitrogens with two attached hydrogens (primary N) is 1. The van der Waals surface area contributed by atoms with Gasteiger partial charge in [0.25, 0.3) is 0 Å². The molecule has 0 aliphatic carbocycles. The van der Waals surface area contributed by atoms with Crippen LogP contribution in [0, 0.1) is 6.92 Å². The number of nitrogens with zero attached hydrogens (tertiary/aromatic N) is 2. The van der Waals surface area contributed by atoms with Crippen molar-refractivity contribution in [3.05, 3.63) is 17.8 Å². The number of aryl methyl sites for hydroxylation is 1. The van der Waals surface area contributed by atoms with E-state index in [1.165, 1.54) is 0 Å². The van der Waals surface area contributed by atoms with E-state index in [0.29, 0.717) is 0 Å². The molecule has 0 bridgehead atoms. The smallest absolute Gasteiger partial charge is 0.129 e. The Balaban J connectivity index is 2.19. The van der Waals surface area contributed by atoms with Crippen LogP contribution >= 0.6 is 0 Å². The zero-order valence-electron chi connectivity index (χ0n) is 10.1. The van der Waals surface area contributed by atoms with E-state index in [4.69, 9.17) is 10.5 Å². The molecule has 4 nitrogen and oxygen atoms in total. The fourth-order valence-corrected chi connectivity index (χ4v) is 2.09. The summed E-state index contributed by atoms with van der Waals surface area (Å²) >= 11 is 0. The maximum Gasteiger partial charge on any atom is 0.129 e. The van der Waals surface area contributed by atoms with Crippen molar-refractivity contribution in [2.75, 3.05) is 23.7 Å². The van der Waals surface area contributed by atoms with E-state index in [-0.39, 0.29) is 12.2 Å². The molecular formula is C12H19N3O. The van der Waals surface area contributed by atoms with E-state index in [2.05, 4.69) is 23.7 Å². The molecule has 1 fully saturated rings. The van der Waals surface area contributed by atoms with Gasteiger partial charge in [0.15, 0.2) is 0 Å². The third-order valence-electron chi connectivity index (χ3n) is 2.88. The molecule has 2 heterocycles. The highest BCUT2D eigenvalue weighted by molar-refractivity contribution is 5.52. The molecule has 2 rings (SSSR count). The Hall–Kier alpha value is -1.29. The monoisotopic (exact) mass is 221 g/mol. The summed E-state index contributed by atoms with van der Waals surface area (Å²) in [5.41, 5.74) is 7.60. The molecule has 4 heteroatoms. The molecule has 0 aromatic carbocycles. The number of rotatable bonds is 1. The number of ether oxygens (including phenoxy) is 1. The average Bonchev–Trinajstić information content (AvgIpc) is 2.20. The predicted molar refractivity (Wildman–Crippen MR) is 65.6 cm³/mol. The summed E-state index contributed by atoms with van der Waals surface area (Å²) in [7, 11) is 0. The third-order valence-corrected chi connectivity index (χ3v) is 2.88. The minimum absolute atomic E-state index is 0.253. The number of pyridine rings is 1. The molecule has 0 saturated carbocycles. The Bertz CT molecular complexity index is 371. The normalized spacial score (nSPS) is 25.8. The van der Waals surface area contributed by atoms with E-state index in [1.54, 1.807) is 6.20 Å². The number of nitrogen functional groups attached to an aromatic ring is 1. The van der Waals surface area contributed by atoms with Crippen molar-refractivity contribution in [3.8, 4) is 0 Å². The molecule has 2 N–H and O–H groups in total. The molecule has 0 radical (unpaired) electrons. The fourth-order valence-electron chi connectivity index (χ4n) is 2.09. The fraction of sp³-hybridized carbons (Fsp3) is 0.583. The van der Waals surface area contributed by atoms with Gasteiger partial charge in [-0.3, -0.25) is 0 Å². The molecule has 1 aromatic rings. The van der Waals surface area contributed by atoms with E-state index in [1.807, 2.05) is 13.0 Å². The quantitative estimate of drug-likeness (QED) is 0.782. The first-order valence-electron chi connectivity index (χ1n) is 5.69. The Morgan fingerprint density at radius 2 is 2.00 bits per heavy atom. The van der Waals surface area contributed by atoms with E-state index in [9.17, 15) is 0 Å². The topological polar surface area (TPSA) is 51.4 Å². The summed E-state index contributed by atoms with van der Waals surface area (Å²) < 4.78 is 5.70. The Labute approximate surface area is 96.4 Å². The molecule has 16 heavy (non-hydrogen) atoms. The van der Waals surface area contributed by atoms with Crippen LogP contribution in [0.5, 0.6) is 0 Å². The highest BCUT2D eigenvalue weighted by Gasteiger charge is 2.23. The summed E-state index contributed by atoms with van der Waals surface area (Å²) in [6, 6.07) is 2.04. The van der Waals surface area contributed by atoms with Gasteiger partial charge < -0.3 is 15.4 Å². The zero-order chi connectivity index (χ0) is 11.7. The first-order chi connectivity index (χ1) is 7.56. The molecular weight excluding hydrogens is 202 g/mol. The minimum Gasteiger partial charge on any atom is -0.397 e. The molecule has 1 aliphatic rings. The number of aromatic nitrogens is 1. The summed E-state index contributed by atoms with van der Waals surface area (Å²) in [6.45, 7) is 7.97. The van der Waals surface area contributed by atoms with Gasteiger partial charge in [0, 0.05) is 13.1 Å². The summed E-state index contributed by atoms with van der Waals surface area (Å²) in [5.74, 6) is 0.994. The SMILES string of the molecule is Cc1cc(N2CC(C)OC(C)C2)ncc1N. The van der Waals surface area contributed by atoms with Crippen LogP contribution in [0.3, 0.4) is 0 Å². The Morgan fingerprint density at radius 3 is 2.56 bits per heavy atom. The number of anilines is 2. The van der Waals surface area contributed by atoms with Crippen molar-refractivity contribution < 1.29 is 4.74 Å². The van der Waals surface area contributed by atoms with Gasteiger partial charge in [-0.15, -0.1) is 0 Å². The molecule has 2 atom stereocenters. The summed E-state index contributed by atoms with van der Waals surface area (Å²) in [6.07, 6.45) is 2.24. The van der Waals surface area contributed by atoms with Gasteiger partial charge in [-0.2, -0.15) is 0 Å². The minimum atomic E-state index is 0.253. The summed E-state index contributed by atoms with van der Waals surface area (Å²) in [4.78, 5) is 6.63. The van der Waals surface area contributed by atoms with Crippen LogP contribution in [-0.4, -0.2) is 30.3 Å². The van der Waals surface area contributed by atoms with E-state index in [0.717, 1.165) is 30.2 Å². The molecule has 1 aromatic heterocycles. The van der Waals surface area contributed by atoms with Gasteiger partial charge in [-0.1, -0.05) is 0 Å². The van der Waals surface area contributed by atoms with Gasteiger partial charge in [0.1, 0.15) is 5.82 Å². The third kappa shape index (κ3) is 2.27. The van der Waals surface area contributed by atoms with Gasteiger partial charge in [0.05, 0.1) is 24.1 Å². The average molecular weight is 221 g/mol. The van der Waals surface area contributed by atoms with Gasteiger partial charge >= 0.3 is 0 Å². The molecule has 0 spiro atoms. The van der Waals surface area contributed by atoms with Crippen LogP contribution in [0.25, 0.3) is 0 Å². The van der Waals surface area contributed by atoms with Crippen molar-refractivity contribution in [2.45, 2.75) is 33.0 Å². The first kappa shape index (κ1) is 11.2. The molecule has 2 unspecified atom stereocenters. The Kier molecular flexibility index (Phi) is 3.01. The maximum atomic E-state index is 5.77. The zero-order valence-corrected chi connectivity index (χ0v) is 10.1. The lowest BCUT2D eigenvalue weighted by molar-refractivity contribution is -0.00545. The first-order valence-corrected chi connectivity index (χ1v) is 5.69. The lowest BCUT2D eigenvalue weighted by Gasteiger charge is -2.36. The van der Waals surface area contributed by atoms with Gasteiger partial charge in [-0.05, 0) is 32.4 Å². The second-order valence-electron chi connectivity index (χ2n) is 4.56. The molecule has 0 amide bonds. The van der Waals surface area contributed by atoms with Crippen molar-refractivity contribution in [1.82, 2.24) is 4.98 Å². The number of morpholine rings is 1.